The molecule has 0 spiro atoms. The van der Waals surface area contributed by atoms with Crippen LogP contribution in [-0.4, -0.2) is 59.9 Å². The third-order valence-corrected chi connectivity index (χ3v) is 6.56. The topological polar surface area (TPSA) is 116 Å². The first-order valence-corrected chi connectivity index (χ1v) is 13.3. The monoisotopic (exact) mass is 493 g/mol. The van der Waals surface area contributed by atoms with Crippen LogP contribution in [0.2, 0.25) is 0 Å². The summed E-state index contributed by atoms with van der Waals surface area (Å²) in [6, 6.07) is -2.03. The van der Waals surface area contributed by atoms with E-state index in [2.05, 4.69) is 17.6 Å². The molecule has 1 heterocycles. The lowest BCUT2D eigenvalue weighted by molar-refractivity contribution is -0.143. The number of nitrogens with one attached hydrogen (secondary N) is 2. The Bertz CT molecular complexity index is 720. The maximum absolute atomic E-state index is 13.2. The van der Waals surface area contributed by atoms with E-state index in [1.54, 1.807) is 14.1 Å². The molecule has 1 aliphatic heterocycles. The predicted octanol–water partition coefficient (Wildman–Crippen LogP) is 3.90. The van der Waals surface area contributed by atoms with Gasteiger partial charge in [-0.1, -0.05) is 65.0 Å². The molecule has 0 fully saturated rings. The Morgan fingerprint density at radius 1 is 1.06 bits per heavy atom. The Hall–Kier alpha value is -2.38. The van der Waals surface area contributed by atoms with E-state index in [1.807, 2.05) is 26.0 Å². The maximum Gasteiger partial charge on any atom is 0.326 e. The molecule has 8 heteroatoms. The molecule has 0 aliphatic carbocycles. The Kier molecular flexibility index (Phi) is 14.3. The highest BCUT2D eigenvalue weighted by Crippen LogP contribution is 2.21. The fourth-order valence-electron chi connectivity index (χ4n) is 4.51. The number of carboxylic acids is 1. The summed E-state index contributed by atoms with van der Waals surface area (Å²) in [5.41, 5.74) is 0. The Balaban J connectivity index is 3.16. The number of nitrogens with zero attached hydrogens (tertiary/aromatic N) is 1. The van der Waals surface area contributed by atoms with E-state index in [9.17, 15) is 24.3 Å². The molecule has 0 aromatic heterocycles. The van der Waals surface area contributed by atoms with Crippen LogP contribution in [0.15, 0.2) is 12.2 Å². The molecule has 0 bridgehead atoms. The van der Waals surface area contributed by atoms with Crippen LogP contribution in [0.5, 0.6) is 0 Å². The first kappa shape index (κ1) is 30.7. The van der Waals surface area contributed by atoms with Gasteiger partial charge in [-0.05, 0) is 44.4 Å². The smallest absolute Gasteiger partial charge is 0.326 e. The average molecular weight is 494 g/mol. The molecule has 0 saturated heterocycles. The number of amides is 3. The van der Waals surface area contributed by atoms with Crippen LogP contribution >= 0.6 is 0 Å². The van der Waals surface area contributed by atoms with Gasteiger partial charge in [0.1, 0.15) is 12.1 Å². The van der Waals surface area contributed by atoms with Gasteiger partial charge in [-0.3, -0.25) is 14.4 Å². The lowest BCUT2D eigenvalue weighted by atomic mass is 9.91. The van der Waals surface area contributed by atoms with E-state index < -0.39 is 29.9 Å². The van der Waals surface area contributed by atoms with E-state index in [0.717, 1.165) is 32.1 Å². The summed E-state index contributed by atoms with van der Waals surface area (Å²) in [5, 5.41) is 15.3. The standard InChI is InChI=1S/C27H47N3O5/c1-6-7-8-9-11-14-20-15-12-10-13-16-21(26(33)30(4)5)18-23(27(34)35)29-25(32)22(17-19(2)3)28-24(20)31/h10,13,19-23H,6-9,11-12,14-18H2,1-5H3,(H,28,31)(H,29,32)(H,34,35)/t20?,21?,22-,23-/m0/s1. The quantitative estimate of drug-likeness (QED) is 0.315. The van der Waals surface area contributed by atoms with Crippen molar-refractivity contribution in [1.82, 2.24) is 15.5 Å². The van der Waals surface area contributed by atoms with Gasteiger partial charge < -0.3 is 20.6 Å². The summed E-state index contributed by atoms with van der Waals surface area (Å²) in [7, 11) is 3.29. The van der Waals surface area contributed by atoms with Crippen molar-refractivity contribution >= 4 is 23.7 Å². The zero-order valence-corrected chi connectivity index (χ0v) is 22.3. The largest absolute Gasteiger partial charge is 0.480 e. The van der Waals surface area contributed by atoms with Crippen molar-refractivity contribution in [2.75, 3.05) is 14.1 Å². The third kappa shape index (κ3) is 11.7. The second-order valence-corrected chi connectivity index (χ2v) is 10.4. The van der Waals surface area contributed by atoms with Crippen molar-refractivity contribution in [2.24, 2.45) is 17.8 Å². The van der Waals surface area contributed by atoms with Crippen LogP contribution in [0.25, 0.3) is 0 Å². The molecule has 35 heavy (non-hydrogen) atoms. The number of carbonyl (C=O) groups is 4. The minimum Gasteiger partial charge on any atom is -0.480 e. The molecule has 1 rings (SSSR count). The first-order valence-electron chi connectivity index (χ1n) is 13.3. The molecular formula is C27H47N3O5. The molecule has 3 amide bonds. The second kappa shape index (κ2) is 16.3. The van der Waals surface area contributed by atoms with Gasteiger partial charge in [0.05, 0.1) is 0 Å². The fraction of sp³-hybridized carbons (Fsp3) is 0.778. The van der Waals surface area contributed by atoms with Crippen LogP contribution in [0.3, 0.4) is 0 Å². The number of carbonyl (C=O) groups excluding carboxylic acids is 3. The van der Waals surface area contributed by atoms with Gasteiger partial charge in [0.15, 0.2) is 0 Å². The minimum atomic E-state index is -1.21. The van der Waals surface area contributed by atoms with Crippen molar-refractivity contribution in [1.29, 1.82) is 0 Å². The van der Waals surface area contributed by atoms with Gasteiger partial charge in [0.25, 0.3) is 0 Å². The van der Waals surface area contributed by atoms with Gasteiger partial charge >= 0.3 is 5.97 Å². The predicted molar refractivity (Wildman–Crippen MR) is 138 cm³/mol. The van der Waals surface area contributed by atoms with Crippen LogP contribution in [0.1, 0.15) is 91.4 Å². The highest BCUT2D eigenvalue weighted by atomic mass is 16.4. The zero-order chi connectivity index (χ0) is 26.4. The molecular weight excluding hydrogens is 446 g/mol. The summed E-state index contributed by atoms with van der Waals surface area (Å²) in [4.78, 5) is 52.5. The number of allylic oxidation sites excluding steroid dienone is 2. The maximum atomic E-state index is 13.2. The van der Waals surface area contributed by atoms with E-state index in [-0.39, 0.29) is 30.1 Å². The SMILES string of the molecule is CCCCCCCC1CCC=CCC(C(=O)N(C)C)C[C@@H](C(=O)O)NC(=O)[C@H](CC(C)C)NC1=O. The molecule has 2 unspecified atom stereocenters. The van der Waals surface area contributed by atoms with Crippen LogP contribution in [-0.2, 0) is 19.2 Å². The van der Waals surface area contributed by atoms with E-state index >= 15 is 0 Å². The molecule has 1 aliphatic rings. The van der Waals surface area contributed by atoms with E-state index in [0.29, 0.717) is 25.7 Å². The second-order valence-electron chi connectivity index (χ2n) is 10.4. The Labute approximate surface area is 211 Å². The number of aliphatic carboxylic acids is 1. The van der Waals surface area contributed by atoms with E-state index in [4.69, 9.17) is 0 Å². The molecule has 0 saturated carbocycles. The van der Waals surface area contributed by atoms with Crippen molar-refractivity contribution in [3.8, 4) is 0 Å². The number of hydrogen-bond donors (Lipinski definition) is 3. The molecule has 0 aromatic rings. The number of unbranched alkanes of at least 4 members (excludes halogenated alkanes) is 4. The van der Waals surface area contributed by atoms with Crippen molar-refractivity contribution in [2.45, 2.75) is 103 Å². The normalized spacial score (nSPS) is 24.4. The van der Waals surface area contributed by atoms with Gasteiger partial charge in [-0.15, -0.1) is 0 Å². The highest BCUT2D eigenvalue weighted by Gasteiger charge is 2.32. The summed E-state index contributed by atoms with van der Waals surface area (Å²) < 4.78 is 0. The average Bonchev–Trinajstić information content (AvgIpc) is 2.78. The third-order valence-electron chi connectivity index (χ3n) is 6.56. The summed E-state index contributed by atoms with van der Waals surface area (Å²) in [6.45, 7) is 6.09. The number of rotatable bonds is 10. The zero-order valence-electron chi connectivity index (χ0n) is 22.3. The van der Waals surface area contributed by atoms with Gasteiger partial charge in [-0.2, -0.15) is 0 Å². The number of hydrogen-bond acceptors (Lipinski definition) is 4. The van der Waals surface area contributed by atoms with Crippen molar-refractivity contribution in [3.63, 3.8) is 0 Å². The highest BCUT2D eigenvalue weighted by molar-refractivity contribution is 5.91. The van der Waals surface area contributed by atoms with Crippen molar-refractivity contribution < 1.29 is 24.3 Å². The summed E-state index contributed by atoms with van der Waals surface area (Å²) in [5.74, 6) is -2.64. The lowest BCUT2D eigenvalue weighted by Gasteiger charge is -2.27. The van der Waals surface area contributed by atoms with Crippen molar-refractivity contribution in [3.05, 3.63) is 12.2 Å². The Morgan fingerprint density at radius 2 is 1.74 bits per heavy atom. The van der Waals surface area contributed by atoms with Crippen LogP contribution < -0.4 is 10.6 Å². The Morgan fingerprint density at radius 3 is 2.34 bits per heavy atom. The lowest BCUT2D eigenvalue weighted by Crippen LogP contribution is -2.53. The van der Waals surface area contributed by atoms with Crippen LogP contribution in [0.4, 0.5) is 0 Å². The fourth-order valence-corrected chi connectivity index (χ4v) is 4.51. The molecule has 0 aromatic carbocycles. The molecule has 8 nitrogen and oxygen atoms in total. The van der Waals surface area contributed by atoms with Gasteiger partial charge in [0.2, 0.25) is 17.7 Å². The van der Waals surface area contributed by atoms with Gasteiger partial charge in [0, 0.05) is 25.9 Å². The number of carboxylic acid groups (broad SMARTS) is 1. The van der Waals surface area contributed by atoms with E-state index in [1.165, 1.54) is 11.3 Å². The molecule has 3 N–H and O–H groups in total. The minimum absolute atomic E-state index is 0.00877. The molecule has 4 atom stereocenters. The summed E-state index contributed by atoms with van der Waals surface area (Å²) >= 11 is 0. The molecule has 0 radical (unpaired) electrons. The van der Waals surface area contributed by atoms with Crippen LogP contribution in [0, 0.1) is 17.8 Å². The van der Waals surface area contributed by atoms with Gasteiger partial charge in [-0.25, -0.2) is 4.79 Å². The molecule has 200 valence electrons. The summed E-state index contributed by atoms with van der Waals surface area (Å²) in [6.07, 6.45) is 12.4. The first-order chi connectivity index (χ1) is 16.6.